The summed E-state index contributed by atoms with van der Waals surface area (Å²) in [4.78, 5) is 10.3. The van der Waals surface area contributed by atoms with Gasteiger partial charge in [-0.15, -0.1) is 0 Å². The molecule has 0 heterocycles. The lowest BCUT2D eigenvalue weighted by atomic mass is 10.3. The van der Waals surface area contributed by atoms with E-state index in [9.17, 15) is 10.1 Å². The van der Waals surface area contributed by atoms with Gasteiger partial charge in [0.1, 0.15) is 5.75 Å². The third-order valence-electron chi connectivity index (χ3n) is 2.10. The zero-order valence-electron chi connectivity index (χ0n) is 8.67. The number of nitrogens with zero attached hydrogens (tertiary/aromatic N) is 1. The molecule has 0 amide bonds. The number of rotatable bonds is 3. The van der Waals surface area contributed by atoms with Crippen molar-refractivity contribution in [3.05, 3.63) is 62.2 Å². The van der Waals surface area contributed by atoms with E-state index in [4.69, 9.17) is 4.74 Å². The van der Waals surface area contributed by atoms with Crippen LogP contribution in [0.5, 0.6) is 11.5 Å². The molecule has 0 fully saturated rings. The molecule has 17 heavy (non-hydrogen) atoms. The van der Waals surface area contributed by atoms with Crippen LogP contribution in [0.1, 0.15) is 0 Å². The lowest BCUT2D eigenvalue weighted by Crippen LogP contribution is -1.92. The van der Waals surface area contributed by atoms with Crippen molar-refractivity contribution in [1.82, 2.24) is 0 Å². The molecule has 86 valence electrons. The standard InChI is InChI=1S/C12H8INO3/c13-9-5-7-10(8-6-9)17-12-4-2-1-3-11(12)14(15)16/h1-8H. The molecule has 0 unspecified atom stereocenters. The largest absolute Gasteiger partial charge is 0.450 e. The minimum absolute atomic E-state index is 0.0361. The van der Waals surface area contributed by atoms with E-state index in [2.05, 4.69) is 22.6 Å². The maximum Gasteiger partial charge on any atom is 0.311 e. The summed E-state index contributed by atoms with van der Waals surface area (Å²) in [6, 6.07) is 13.6. The van der Waals surface area contributed by atoms with Crippen molar-refractivity contribution in [2.45, 2.75) is 0 Å². The van der Waals surface area contributed by atoms with Crippen LogP contribution in [0.15, 0.2) is 48.5 Å². The van der Waals surface area contributed by atoms with E-state index in [0.717, 1.165) is 3.57 Å². The fourth-order valence-electron chi connectivity index (χ4n) is 1.32. The van der Waals surface area contributed by atoms with E-state index in [0.29, 0.717) is 5.75 Å². The average molecular weight is 341 g/mol. The van der Waals surface area contributed by atoms with Crippen LogP contribution in [0, 0.1) is 13.7 Å². The van der Waals surface area contributed by atoms with Gasteiger partial charge >= 0.3 is 5.69 Å². The van der Waals surface area contributed by atoms with Crippen molar-refractivity contribution < 1.29 is 9.66 Å². The highest BCUT2D eigenvalue weighted by atomic mass is 127. The average Bonchev–Trinajstić information content (AvgIpc) is 2.32. The predicted octanol–water partition coefficient (Wildman–Crippen LogP) is 3.99. The van der Waals surface area contributed by atoms with Crippen molar-refractivity contribution in [2.24, 2.45) is 0 Å². The number of para-hydroxylation sites is 2. The molecule has 0 saturated heterocycles. The molecule has 0 aromatic heterocycles. The smallest absolute Gasteiger partial charge is 0.311 e. The maximum atomic E-state index is 10.8. The number of nitro groups is 1. The molecule has 0 atom stereocenters. The van der Waals surface area contributed by atoms with Crippen LogP contribution >= 0.6 is 22.6 Å². The summed E-state index contributed by atoms with van der Waals surface area (Å²) in [5.41, 5.74) is -0.0361. The van der Waals surface area contributed by atoms with E-state index >= 15 is 0 Å². The lowest BCUT2D eigenvalue weighted by molar-refractivity contribution is -0.385. The van der Waals surface area contributed by atoms with Gasteiger partial charge in [0.2, 0.25) is 5.75 Å². The van der Waals surface area contributed by atoms with Gasteiger partial charge in [0, 0.05) is 9.64 Å². The van der Waals surface area contributed by atoms with Crippen molar-refractivity contribution in [2.75, 3.05) is 0 Å². The highest BCUT2D eigenvalue weighted by molar-refractivity contribution is 14.1. The summed E-state index contributed by atoms with van der Waals surface area (Å²) in [6.07, 6.45) is 0. The molecule has 2 rings (SSSR count). The van der Waals surface area contributed by atoms with Crippen molar-refractivity contribution in [3.63, 3.8) is 0 Å². The van der Waals surface area contributed by atoms with E-state index in [1.807, 2.05) is 12.1 Å². The van der Waals surface area contributed by atoms with Crippen molar-refractivity contribution in [1.29, 1.82) is 0 Å². The quantitative estimate of drug-likeness (QED) is 0.482. The normalized spacial score (nSPS) is 9.94. The van der Waals surface area contributed by atoms with Gasteiger partial charge in [-0.25, -0.2) is 0 Å². The van der Waals surface area contributed by atoms with Gasteiger partial charge in [0.25, 0.3) is 0 Å². The molecule has 0 aliphatic heterocycles. The summed E-state index contributed by atoms with van der Waals surface area (Å²) in [5.74, 6) is 0.832. The first-order valence-corrected chi connectivity index (χ1v) is 5.91. The molecule has 0 aliphatic rings. The van der Waals surface area contributed by atoms with Gasteiger partial charge < -0.3 is 4.74 Å². The van der Waals surface area contributed by atoms with Crippen molar-refractivity contribution in [3.8, 4) is 11.5 Å². The van der Waals surface area contributed by atoms with Crippen LogP contribution < -0.4 is 4.74 Å². The molecule has 2 aromatic rings. The monoisotopic (exact) mass is 341 g/mol. The Bertz CT molecular complexity index is 540. The van der Waals surface area contributed by atoms with Gasteiger partial charge in [0.05, 0.1) is 4.92 Å². The van der Waals surface area contributed by atoms with Crippen LogP contribution in [-0.4, -0.2) is 4.92 Å². The number of halogens is 1. The SMILES string of the molecule is O=[N+]([O-])c1ccccc1Oc1ccc(I)cc1. The number of hydrogen-bond acceptors (Lipinski definition) is 3. The second kappa shape index (κ2) is 5.13. The molecule has 0 saturated carbocycles. The lowest BCUT2D eigenvalue weighted by Gasteiger charge is -2.05. The topological polar surface area (TPSA) is 52.4 Å². The first-order valence-electron chi connectivity index (χ1n) is 4.83. The van der Waals surface area contributed by atoms with E-state index < -0.39 is 4.92 Å². The molecular weight excluding hydrogens is 333 g/mol. The summed E-state index contributed by atoms with van der Waals surface area (Å²) in [6.45, 7) is 0. The van der Waals surface area contributed by atoms with Gasteiger partial charge in [-0.1, -0.05) is 12.1 Å². The zero-order chi connectivity index (χ0) is 12.3. The summed E-state index contributed by atoms with van der Waals surface area (Å²) >= 11 is 2.18. The predicted molar refractivity (Wildman–Crippen MR) is 72.3 cm³/mol. The van der Waals surface area contributed by atoms with Crippen LogP contribution in [0.3, 0.4) is 0 Å². The summed E-state index contributed by atoms with van der Waals surface area (Å²) in [5, 5.41) is 10.8. The van der Waals surface area contributed by atoms with Crippen LogP contribution in [0.4, 0.5) is 5.69 Å². The third-order valence-corrected chi connectivity index (χ3v) is 2.82. The molecule has 0 radical (unpaired) electrons. The number of nitro benzene ring substituents is 1. The van der Waals surface area contributed by atoms with E-state index in [1.54, 1.807) is 30.3 Å². The van der Waals surface area contributed by atoms with Gasteiger partial charge in [-0.3, -0.25) is 10.1 Å². The minimum Gasteiger partial charge on any atom is -0.450 e. The Balaban J connectivity index is 2.30. The fourth-order valence-corrected chi connectivity index (χ4v) is 1.68. The second-order valence-corrected chi connectivity index (χ2v) is 4.53. The second-order valence-electron chi connectivity index (χ2n) is 3.28. The molecule has 5 heteroatoms. The molecule has 0 bridgehead atoms. The van der Waals surface area contributed by atoms with Crippen molar-refractivity contribution >= 4 is 28.3 Å². The molecular formula is C12H8INO3. The molecule has 0 aliphatic carbocycles. The summed E-state index contributed by atoms with van der Waals surface area (Å²) < 4.78 is 6.56. The number of benzene rings is 2. The Morgan fingerprint density at radius 1 is 1.06 bits per heavy atom. The Morgan fingerprint density at radius 3 is 2.35 bits per heavy atom. The van der Waals surface area contributed by atoms with E-state index in [-0.39, 0.29) is 11.4 Å². The molecule has 2 aromatic carbocycles. The Kier molecular flexibility index (Phi) is 3.58. The highest BCUT2D eigenvalue weighted by Gasteiger charge is 2.13. The fraction of sp³-hybridized carbons (Fsp3) is 0. The number of hydrogen-bond donors (Lipinski definition) is 0. The van der Waals surface area contributed by atoms with Crippen LogP contribution in [0.2, 0.25) is 0 Å². The molecule has 0 N–H and O–H groups in total. The highest BCUT2D eigenvalue weighted by Crippen LogP contribution is 2.30. The Hall–Kier alpha value is -1.63. The van der Waals surface area contributed by atoms with Gasteiger partial charge in [0.15, 0.2) is 0 Å². The Labute approximate surface area is 112 Å². The molecule has 4 nitrogen and oxygen atoms in total. The number of ether oxygens (including phenoxy) is 1. The first-order chi connectivity index (χ1) is 8.16. The Morgan fingerprint density at radius 2 is 1.71 bits per heavy atom. The van der Waals surface area contributed by atoms with Gasteiger partial charge in [-0.2, -0.15) is 0 Å². The first kappa shape index (κ1) is 11.8. The summed E-state index contributed by atoms with van der Waals surface area (Å²) in [7, 11) is 0. The zero-order valence-corrected chi connectivity index (χ0v) is 10.8. The molecule has 0 spiro atoms. The van der Waals surface area contributed by atoms with E-state index in [1.165, 1.54) is 6.07 Å². The van der Waals surface area contributed by atoms with Crippen LogP contribution in [0.25, 0.3) is 0 Å². The maximum absolute atomic E-state index is 10.8. The van der Waals surface area contributed by atoms with Gasteiger partial charge in [-0.05, 0) is 52.9 Å². The third kappa shape index (κ3) is 2.94. The van der Waals surface area contributed by atoms with Crippen LogP contribution in [-0.2, 0) is 0 Å². The minimum atomic E-state index is -0.456.